The number of carbonyl (C=O) groups is 2. The van der Waals surface area contributed by atoms with Gasteiger partial charge in [0.2, 0.25) is 5.91 Å². The standard InChI is InChI=1S/C14H17F3N2O4/c1-18(8-10-4-3-7-22-10)12(20)11-5-2-6-19(11)13(21)23-9-14(15,16)17/h3-4,7,11H,2,5-6,8-9H2,1H3/t11-/m1/s1. The van der Waals surface area contributed by atoms with Crippen LogP contribution in [0.3, 0.4) is 0 Å². The monoisotopic (exact) mass is 334 g/mol. The molecule has 2 heterocycles. The summed E-state index contributed by atoms with van der Waals surface area (Å²) in [4.78, 5) is 26.6. The molecular weight excluding hydrogens is 317 g/mol. The fourth-order valence-corrected chi connectivity index (χ4v) is 2.44. The topological polar surface area (TPSA) is 63.0 Å². The van der Waals surface area contributed by atoms with Crippen molar-refractivity contribution in [1.82, 2.24) is 9.80 Å². The molecule has 0 spiro atoms. The van der Waals surface area contributed by atoms with Gasteiger partial charge in [-0.2, -0.15) is 13.2 Å². The molecule has 9 heteroatoms. The maximum atomic E-state index is 12.4. The minimum Gasteiger partial charge on any atom is -0.467 e. The summed E-state index contributed by atoms with van der Waals surface area (Å²) in [7, 11) is 1.54. The third kappa shape index (κ3) is 4.64. The molecule has 0 aromatic carbocycles. The highest BCUT2D eigenvalue weighted by Crippen LogP contribution is 2.22. The summed E-state index contributed by atoms with van der Waals surface area (Å²) in [6.45, 7) is -1.25. The van der Waals surface area contributed by atoms with Crippen LogP contribution in [0.2, 0.25) is 0 Å². The van der Waals surface area contributed by atoms with Crippen molar-refractivity contribution >= 4 is 12.0 Å². The van der Waals surface area contributed by atoms with E-state index in [9.17, 15) is 22.8 Å². The number of halogens is 3. The molecule has 0 N–H and O–H groups in total. The third-order valence-corrected chi connectivity index (χ3v) is 3.48. The zero-order valence-corrected chi connectivity index (χ0v) is 12.5. The summed E-state index contributed by atoms with van der Waals surface area (Å²) < 4.78 is 45.7. The average molecular weight is 334 g/mol. The molecule has 1 saturated heterocycles. The highest BCUT2D eigenvalue weighted by Gasteiger charge is 2.38. The number of hydrogen-bond donors (Lipinski definition) is 0. The van der Waals surface area contributed by atoms with Gasteiger partial charge in [0.15, 0.2) is 6.61 Å². The Morgan fingerprint density at radius 2 is 2.22 bits per heavy atom. The number of furan rings is 1. The Hall–Kier alpha value is -2.19. The van der Waals surface area contributed by atoms with Crippen molar-refractivity contribution in [2.75, 3.05) is 20.2 Å². The van der Waals surface area contributed by atoms with Gasteiger partial charge in [-0.3, -0.25) is 9.69 Å². The van der Waals surface area contributed by atoms with Crippen LogP contribution >= 0.6 is 0 Å². The molecule has 1 atom stereocenters. The lowest BCUT2D eigenvalue weighted by atomic mass is 10.2. The van der Waals surface area contributed by atoms with Gasteiger partial charge >= 0.3 is 12.3 Å². The first-order valence-corrected chi connectivity index (χ1v) is 7.05. The van der Waals surface area contributed by atoms with Crippen LogP contribution in [0.4, 0.5) is 18.0 Å². The van der Waals surface area contributed by atoms with Crippen LogP contribution in [0.25, 0.3) is 0 Å². The molecule has 2 amide bonds. The van der Waals surface area contributed by atoms with Crippen LogP contribution < -0.4 is 0 Å². The lowest BCUT2D eigenvalue weighted by Gasteiger charge is -2.27. The number of alkyl halides is 3. The van der Waals surface area contributed by atoms with Crippen LogP contribution in [0, 0.1) is 0 Å². The van der Waals surface area contributed by atoms with Gasteiger partial charge in [0.1, 0.15) is 11.8 Å². The second kappa shape index (κ2) is 6.93. The van der Waals surface area contributed by atoms with E-state index in [1.165, 1.54) is 11.2 Å². The molecule has 128 valence electrons. The SMILES string of the molecule is CN(Cc1ccco1)C(=O)[C@H]1CCCN1C(=O)OCC(F)(F)F. The number of rotatable bonds is 4. The lowest BCUT2D eigenvalue weighted by molar-refractivity contribution is -0.163. The van der Waals surface area contributed by atoms with E-state index in [0.717, 1.165) is 4.90 Å². The lowest BCUT2D eigenvalue weighted by Crippen LogP contribution is -2.47. The summed E-state index contributed by atoms with van der Waals surface area (Å²) in [6.07, 6.45) is -3.31. The van der Waals surface area contributed by atoms with Crippen molar-refractivity contribution in [1.29, 1.82) is 0 Å². The Labute approximate surface area is 130 Å². The van der Waals surface area contributed by atoms with Gasteiger partial charge in [0.25, 0.3) is 0 Å². The number of ether oxygens (including phenoxy) is 1. The maximum Gasteiger partial charge on any atom is 0.422 e. The number of carbonyl (C=O) groups excluding carboxylic acids is 2. The molecule has 1 aromatic rings. The predicted molar refractivity (Wildman–Crippen MR) is 72.3 cm³/mol. The van der Waals surface area contributed by atoms with Crippen LogP contribution in [-0.4, -0.2) is 54.2 Å². The first-order chi connectivity index (χ1) is 10.8. The van der Waals surface area contributed by atoms with Crippen molar-refractivity contribution in [3.63, 3.8) is 0 Å². The van der Waals surface area contributed by atoms with Gasteiger partial charge < -0.3 is 14.1 Å². The first kappa shape index (κ1) is 17.2. The van der Waals surface area contributed by atoms with Crippen molar-refractivity contribution in [2.24, 2.45) is 0 Å². The Morgan fingerprint density at radius 3 is 2.83 bits per heavy atom. The molecule has 1 aliphatic heterocycles. The molecule has 0 unspecified atom stereocenters. The Bertz CT molecular complexity index is 545. The molecule has 2 rings (SSSR count). The van der Waals surface area contributed by atoms with E-state index in [-0.39, 0.29) is 19.0 Å². The molecule has 0 aliphatic carbocycles. The smallest absolute Gasteiger partial charge is 0.422 e. The summed E-state index contributed by atoms with van der Waals surface area (Å²) >= 11 is 0. The summed E-state index contributed by atoms with van der Waals surface area (Å²) in [6, 6.07) is 2.58. The summed E-state index contributed by atoms with van der Waals surface area (Å²) in [5.41, 5.74) is 0. The minimum absolute atomic E-state index is 0.196. The third-order valence-electron chi connectivity index (χ3n) is 3.48. The van der Waals surface area contributed by atoms with Gasteiger partial charge in [-0.15, -0.1) is 0 Å². The zero-order chi connectivity index (χ0) is 17.0. The quantitative estimate of drug-likeness (QED) is 0.848. The van der Waals surface area contributed by atoms with E-state index in [4.69, 9.17) is 4.42 Å². The molecule has 1 aliphatic rings. The summed E-state index contributed by atoms with van der Waals surface area (Å²) in [5, 5.41) is 0. The largest absolute Gasteiger partial charge is 0.467 e. The first-order valence-electron chi connectivity index (χ1n) is 7.05. The summed E-state index contributed by atoms with van der Waals surface area (Å²) in [5.74, 6) is 0.216. The van der Waals surface area contributed by atoms with Crippen LogP contribution in [0.15, 0.2) is 22.8 Å². The van der Waals surface area contributed by atoms with Gasteiger partial charge in [-0.1, -0.05) is 0 Å². The Kier molecular flexibility index (Phi) is 5.17. The normalized spacial score (nSPS) is 18.1. The Balaban J connectivity index is 1.94. The van der Waals surface area contributed by atoms with E-state index in [2.05, 4.69) is 4.74 Å². The van der Waals surface area contributed by atoms with E-state index >= 15 is 0 Å². The van der Waals surface area contributed by atoms with Crippen LogP contribution in [0.5, 0.6) is 0 Å². The number of nitrogens with zero attached hydrogens (tertiary/aromatic N) is 2. The van der Waals surface area contributed by atoms with E-state index < -0.39 is 24.9 Å². The van der Waals surface area contributed by atoms with E-state index in [1.54, 1.807) is 19.2 Å². The molecule has 0 bridgehead atoms. The molecule has 0 saturated carbocycles. The number of amides is 2. The molecule has 0 radical (unpaired) electrons. The van der Waals surface area contributed by atoms with Gasteiger partial charge in [-0.25, -0.2) is 4.79 Å². The molecule has 1 fully saturated rings. The predicted octanol–water partition coefficient (Wildman–Crippen LogP) is 2.40. The van der Waals surface area contributed by atoms with Crippen molar-refractivity contribution in [3.8, 4) is 0 Å². The molecule has 6 nitrogen and oxygen atoms in total. The van der Waals surface area contributed by atoms with Crippen LogP contribution in [-0.2, 0) is 16.1 Å². The van der Waals surface area contributed by atoms with Crippen molar-refractivity contribution in [3.05, 3.63) is 24.2 Å². The number of likely N-dealkylation sites (N-methyl/N-ethyl adjacent to an activating group) is 1. The van der Waals surface area contributed by atoms with Crippen molar-refractivity contribution in [2.45, 2.75) is 31.6 Å². The fourth-order valence-electron chi connectivity index (χ4n) is 2.44. The van der Waals surface area contributed by atoms with Gasteiger partial charge in [0.05, 0.1) is 12.8 Å². The van der Waals surface area contributed by atoms with E-state index in [0.29, 0.717) is 18.6 Å². The number of hydrogen-bond acceptors (Lipinski definition) is 4. The van der Waals surface area contributed by atoms with Crippen molar-refractivity contribution < 1.29 is 31.9 Å². The van der Waals surface area contributed by atoms with Gasteiger partial charge in [-0.05, 0) is 25.0 Å². The highest BCUT2D eigenvalue weighted by atomic mass is 19.4. The minimum atomic E-state index is -4.59. The van der Waals surface area contributed by atoms with Crippen LogP contribution in [0.1, 0.15) is 18.6 Å². The second-order valence-corrected chi connectivity index (χ2v) is 5.29. The molecular formula is C14H17F3N2O4. The zero-order valence-electron chi connectivity index (χ0n) is 12.5. The van der Waals surface area contributed by atoms with Gasteiger partial charge in [0, 0.05) is 13.6 Å². The highest BCUT2D eigenvalue weighted by molar-refractivity contribution is 5.86. The number of likely N-dealkylation sites (tertiary alicyclic amines) is 1. The molecule has 23 heavy (non-hydrogen) atoms. The molecule has 1 aromatic heterocycles. The van der Waals surface area contributed by atoms with E-state index in [1.807, 2.05) is 0 Å². The second-order valence-electron chi connectivity index (χ2n) is 5.29. The fraction of sp³-hybridized carbons (Fsp3) is 0.571. The maximum absolute atomic E-state index is 12.4. The Morgan fingerprint density at radius 1 is 1.48 bits per heavy atom. The average Bonchev–Trinajstić information content (AvgIpc) is 3.14.